The quantitative estimate of drug-likeness (QED) is 0.522. The summed E-state index contributed by atoms with van der Waals surface area (Å²) < 4.78 is 1.54. The van der Waals surface area contributed by atoms with Crippen LogP contribution in [0.25, 0.3) is 0 Å². The molecule has 0 amide bonds. The van der Waals surface area contributed by atoms with Gasteiger partial charge in [0, 0.05) is 15.3 Å². The SMILES string of the molecule is Clc1cc(C(Br)c2cc3c(s2)CCCC3)c(Cl)s1. The van der Waals surface area contributed by atoms with Crippen molar-refractivity contribution in [2.45, 2.75) is 30.5 Å². The summed E-state index contributed by atoms with van der Waals surface area (Å²) in [5.41, 5.74) is 2.62. The molecular weight excluding hydrogens is 371 g/mol. The van der Waals surface area contributed by atoms with Crippen molar-refractivity contribution in [3.63, 3.8) is 0 Å². The maximum atomic E-state index is 6.23. The predicted octanol–water partition coefficient (Wildman–Crippen LogP) is 6.48. The third kappa shape index (κ3) is 2.53. The molecule has 2 aromatic heterocycles. The van der Waals surface area contributed by atoms with Gasteiger partial charge in [-0.05, 0) is 43.4 Å². The Hall–Kier alpha value is 0.460. The normalized spacial score (nSPS) is 16.6. The van der Waals surface area contributed by atoms with Crippen LogP contribution >= 0.6 is 61.8 Å². The second kappa shape index (κ2) is 5.45. The van der Waals surface area contributed by atoms with Gasteiger partial charge in [-0.25, -0.2) is 0 Å². The smallest absolute Gasteiger partial charge is 0.0991 e. The molecule has 2 aromatic rings. The Balaban J connectivity index is 1.94. The highest BCUT2D eigenvalue weighted by Crippen LogP contribution is 2.45. The van der Waals surface area contributed by atoms with E-state index in [-0.39, 0.29) is 4.83 Å². The molecule has 1 aliphatic rings. The number of hydrogen-bond donors (Lipinski definition) is 0. The van der Waals surface area contributed by atoms with Gasteiger partial charge in [0.05, 0.1) is 13.5 Å². The molecule has 0 radical (unpaired) electrons. The third-order valence-corrected chi connectivity index (χ3v) is 7.33. The summed E-state index contributed by atoms with van der Waals surface area (Å²) in [7, 11) is 0. The lowest BCUT2D eigenvalue weighted by atomic mass is 9.99. The molecule has 0 aromatic carbocycles. The Morgan fingerprint density at radius 3 is 2.56 bits per heavy atom. The van der Waals surface area contributed by atoms with Crippen LogP contribution in [0.3, 0.4) is 0 Å². The molecule has 1 aliphatic carbocycles. The first-order valence-corrected chi connectivity index (χ1v) is 9.16. The summed E-state index contributed by atoms with van der Waals surface area (Å²) >= 11 is 19.3. The van der Waals surface area contributed by atoms with Gasteiger partial charge in [-0.15, -0.1) is 22.7 Å². The van der Waals surface area contributed by atoms with Crippen molar-refractivity contribution in [3.8, 4) is 0 Å². The van der Waals surface area contributed by atoms with Gasteiger partial charge in [0.2, 0.25) is 0 Å². The van der Waals surface area contributed by atoms with E-state index in [0.29, 0.717) is 0 Å². The average molecular weight is 382 g/mol. The molecule has 0 spiro atoms. The van der Waals surface area contributed by atoms with Crippen molar-refractivity contribution in [2.24, 2.45) is 0 Å². The fraction of sp³-hybridized carbons (Fsp3) is 0.385. The van der Waals surface area contributed by atoms with Crippen LogP contribution in [0.5, 0.6) is 0 Å². The summed E-state index contributed by atoms with van der Waals surface area (Å²) in [6, 6.07) is 4.30. The van der Waals surface area contributed by atoms with Gasteiger partial charge in [0.25, 0.3) is 0 Å². The molecule has 1 unspecified atom stereocenters. The van der Waals surface area contributed by atoms with Crippen LogP contribution in [0.1, 0.15) is 38.6 Å². The first-order chi connectivity index (χ1) is 8.65. The van der Waals surface area contributed by atoms with E-state index >= 15 is 0 Å². The van der Waals surface area contributed by atoms with Crippen LogP contribution in [0, 0.1) is 0 Å². The molecule has 3 rings (SSSR count). The lowest BCUT2D eigenvalue weighted by molar-refractivity contribution is 0.697. The van der Waals surface area contributed by atoms with E-state index < -0.39 is 0 Å². The number of alkyl halides is 1. The third-order valence-electron chi connectivity index (χ3n) is 3.22. The Bertz CT molecular complexity index is 550. The molecule has 0 saturated carbocycles. The van der Waals surface area contributed by atoms with E-state index in [1.54, 1.807) is 4.88 Å². The minimum absolute atomic E-state index is 0.171. The molecule has 2 heterocycles. The van der Waals surface area contributed by atoms with Crippen LogP contribution in [0.2, 0.25) is 8.67 Å². The Morgan fingerprint density at radius 2 is 1.89 bits per heavy atom. The Labute approximate surface area is 133 Å². The van der Waals surface area contributed by atoms with Crippen molar-refractivity contribution in [2.75, 3.05) is 0 Å². The van der Waals surface area contributed by atoms with Gasteiger partial charge in [-0.2, -0.15) is 0 Å². The van der Waals surface area contributed by atoms with Crippen LogP contribution < -0.4 is 0 Å². The van der Waals surface area contributed by atoms with Gasteiger partial charge in [-0.1, -0.05) is 39.1 Å². The molecule has 0 aliphatic heterocycles. The standard InChI is InChI=1S/C13H11BrCl2S2/c14-12(8-6-11(15)18-13(8)16)10-5-7-3-1-2-4-9(7)17-10/h5-6,12H,1-4H2. The zero-order chi connectivity index (χ0) is 12.7. The summed E-state index contributed by atoms with van der Waals surface area (Å²) in [5, 5.41) is 0. The lowest BCUT2D eigenvalue weighted by Crippen LogP contribution is -1.96. The highest BCUT2D eigenvalue weighted by atomic mass is 79.9. The van der Waals surface area contributed by atoms with E-state index in [9.17, 15) is 0 Å². The van der Waals surface area contributed by atoms with Gasteiger partial charge in [0.15, 0.2) is 0 Å². The topological polar surface area (TPSA) is 0 Å². The summed E-state index contributed by atoms with van der Waals surface area (Å²) in [4.78, 5) is 3.07. The first-order valence-electron chi connectivity index (χ1n) is 5.85. The fourth-order valence-corrected chi connectivity index (χ4v) is 6.16. The molecule has 96 valence electrons. The van der Waals surface area contributed by atoms with Crippen molar-refractivity contribution in [3.05, 3.63) is 41.7 Å². The number of rotatable bonds is 2. The largest absolute Gasteiger partial charge is 0.144 e. The number of halogens is 3. The van der Waals surface area contributed by atoms with E-state index in [4.69, 9.17) is 23.2 Å². The second-order valence-corrected chi connectivity index (χ2v) is 8.82. The maximum absolute atomic E-state index is 6.23. The van der Waals surface area contributed by atoms with Crippen molar-refractivity contribution in [1.82, 2.24) is 0 Å². The van der Waals surface area contributed by atoms with E-state index in [1.165, 1.54) is 47.5 Å². The van der Waals surface area contributed by atoms with Crippen LogP contribution in [0.4, 0.5) is 0 Å². The summed E-state index contributed by atoms with van der Waals surface area (Å²) in [6.07, 6.45) is 5.10. The van der Waals surface area contributed by atoms with E-state index in [0.717, 1.165) is 14.2 Å². The van der Waals surface area contributed by atoms with Gasteiger partial charge in [-0.3, -0.25) is 0 Å². The highest BCUT2D eigenvalue weighted by Gasteiger charge is 2.21. The molecule has 0 saturated heterocycles. The molecule has 0 nitrogen and oxygen atoms in total. The van der Waals surface area contributed by atoms with Crippen LogP contribution in [0.15, 0.2) is 12.1 Å². The summed E-state index contributed by atoms with van der Waals surface area (Å²) in [6.45, 7) is 0. The lowest BCUT2D eigenvalue weighted by Gasteiger charge is -2.08. The Kier molecular flexibility index (Phi) is 4.07. The number of aryl methyl sites for hydroxylation is 2. The first kappa shape index (κ1) is 13.4. The minimum atomic E-state index is 0.171. The zero-order valence-electron chi connectivity index (χ0n) is 9.51. The highest BCUT2D eigenvalue weighted by molar-refractivity contribution is 9.09. The molecule has 0 N–H and O–H groups in total. The molecular formula is C13H11BrCl2S2. The zero-order valence-corrected chi connectivity index (χ0v) is 14.2. The molecule has 0 bridgehead atoms. The monoisotopic (exact) mass is 380 g/mol. The maximum Gasteiger partial charge on any atom is 0.0991 e. The van der Waals surface area contributed by atoms with E-state index in [2.05, 4.69) is 22.0 Å². The number of thiophene rings is 2. The van der Waals surface area contributed by atoms with Crippen molar-refractivity contribution in [1.29, 1.82) is 0 Å². The molecule has 18 heavy (non-hydrogen) atoms. The number of fused-ring (bicyclic) bond motifs is 1. The van der Waals surface area contributed by atoms with Gasteiger partial charge < -0.3 is 0 Å². The van der Waals surface area contributed by atoms with Crippen molar-refractivity contribution < 1.29 is 0 Å². The minimum Gasteiger partial charge on any atom is -0.144 e. The fourth-order valence-electron chi connectivity index (χ4n) is 2.32. The van der Waals surface area contributed by atoms with Gasteiger partial charge in [0.1, 0.15) is 0 Å². The van der Waals surface area contributed by atoms with E-state index in [1.807, 2.05) is 17.4 Å². The van der Waals surface area contributed by atoms with Crippen molar-refractivity contribution >= 4 is 61.8 Å². The van der Waals surface area contributed by atoms with Gasteiger partial charge >= 0.3 is 0 Å². The van der Waals surface area contributed by atoms with Crippen LogP contribution in [-0.4, -0.2) is 0 Å². The van der Waals surface area contributed by atoms with Crippen LogP contribution in [-0.2, 0) is 12.8 Å². The second-order valence-electron chi connectivity index (χ2n) is 4.45. The average Bonchev–Trinajstić information content (AvgIpc) is 2.91. The summed E-state index contributed by atoms with van der Waals surface area (Å²) in [5.74, 6) is 0. The molecule has 1 atom stereocenters. The molecule has 0 fully saturated rings. The Morgan fingerprint density at radius 1 is 1.11 bits per heavy atom. The molecule has 5 heteroatoms. The predicted molar refractivity (Wildman–Crippen MR) is 86.1 cm³/mol. The number of hydrogen-bond acceptors (Lipinski definition) is 2.